The molecule has 3 aromatic rings. The molecule has 0 radical (unpaired) electrons. The van der Waals surface area contributed by atoms with Gasteiger partial charge in [0.05, 0.1) is 6.61 Å². The van der Waals surface area contributed by atoms with Crippen LogP contribution in [0.3, 0.4) is 0 Å². The van der Waals surface area contributed by atoms with E-state index in [0.717, 1.165) is 11.1 Å². The second-order valence-electron chi connectivity index (χ2n) is 5.47. The van der Waals surface area contributed by atoms with Crippen molar-refractivity contribution in [1.82, 2.24) is 15.0 Å². The number of amides is 1. The van der Waals surface area contributed by atoms with Crippen molar-refractivity contribution in [3.8, 4) is 11.5 Å². The summed E-state index contributed by atoms with van der Waals surface area (Å²) in [4.78, 5) is 25.0. The summed E-state index contributed by atoms with van der Waals surface area (Å²) in [7, 11) is 0. The maximum Gasteiger partial charge on any atom is 0.251 e. The van der Waals surface area contributed by atoms with Gasteiger partial charge in [-0.25, -0.2) is 9.97 Å². The van der Waals surface area contributed by atoms with E-state index in [-0.39, 0.29) is 12.5 Å². The van der Waals surface area contributed by atoms with Crippen molar-refractivity contribution >= 4 is 11.7 Å². The highest BCUT2D eigenvalue weighted by molar-refractivity contribution is 5.91. The Morgan fingerprint density at radius 1 is 1.08 bits per heavy atom. The molecule has 2 aromatic heterocycles. The first-order chi connectivity index (χ1) is 12.2. The minimum atomic E-state index is -0.260. The molecule has 2 heterocycles. The summed E-state index contributed by atoms with van der Waals surface area (Å²) in [6.07, 6.45) is 3.34. The summed E-state index contributed by atoms with van der Waals surface area (Å²) in [5.41, 5.74) is 2.44. The Morgan fingerprint density at radius 3 is 2.64 bits per heavy atom. The van der Waals surface area contributed by atoms with Crippen molar-refractivity contribution in [2.75, 3.05) is 11.9 Å². The molecule has 25 heavy (non-hydrogen) atoms. The first-order valence-electron chi connectivity index (χ1n) is 7.89. The number of hydrogen-bond acceptors (Lipinski definition) is 5. The van der Waals surface area contributed by atoms with E-state index in [4.69, 9.17) is 4.74 Å². The van der Waals surface area contributed by atoms with Gasteiger partial charge in [0.1, 0.15) is 18.1 Å². The van der Waals surface area contributed by atoms with E-state index in [2.05, 4.69) is 20.3 Å². The normalized spacial score (nSPS) is 10.4. The van der Waals surface area contributed by atoms with Gasteiger partial charge < -0.3 is 10.1 Å². The molecule has 126 valence electrons. The van der Waals surface area contributed by atoms with Gasteiger partial charge >= 0.3 is 0 Å². The number of hydrogen-bond donors (Lipinski definition) is 1. The monoisotopic (exact) mass is 334 g/mol. The fourth-order valence-electron chi connectivity index (χ4n) is 2.19. The van der Waals surface area contributed by atoms with Gasteiger partial charge in [-0.15, -0.1) is 0 Å². The molecule has 1 amide bonds. The molecule has 6 nitrogen and oxygen atoms in total. The number of pyridine rings is 1. The van der Waals surface area contributed by atoms with Crippen molar-refractivity contribution in [2.45, 2.75) is 13.5 Å². The fraction of sp³-hybridized carbons (Fsp3) is 0.158. The lowest BCUT2D eigenvalue weighted by Gasteiger charge is -2.09. The lowest BCUT2D eigenvalue weighted by Crippen LogP contribution is -2.20. The SMILES string of the molecule is Cc1cnc(-c2ccccn2)nc1NC(=O)COCc1ccccc1. The minimum absolute atomic E-state index is 0.0444. The highest BCUT2D eigenvalue weighted by Crippen LogP contribution is 2.16. The molecule has 0 aliphatic heterocycles. The molecule has 0 unspecified atom stereocenters. The summed E-state index contributed by atoms with van der Waals surface area (Å²) in [6, 6.07) is 15.2. The molecule has 0 aliphatic carbocycles. The van der Waals surface area contributed by atoms with Crippen LogP contribution in [0.15, 0.2) is 60.9 Å². The van der Waals surface area contributed by atoms with Crippen molar-refractivity contribution < 1.29 is 9.53 Å². The van der Waals surface area contributed by atoms with Gasteiger partial charge in [-0.05, 0) is 24.6 Å². The number of aryl methyl sites for hydroxylation is 1. The standard InChI is InChI=1S/C19H18N4O2/c1-14-11-21-19(16-9-5-6-10-20-16)23-18(14)22-17(24)13-25-12-15-7-3-2-4-8-15/h2-11H,12-13H2,1H3,(H,21,22,23,24). The van der Waals surface area contributed by atoms with Crippen LogP contribution in [0.2, 0.25) is 0 Å². The lowest BCUT2D eigenvalue weighted by atomic mass is 10.2. The molecule has 3 rings (SSSR count). The van der Waals surface area contributed by atoms with Crippen LogP contribution >= 0.6 is 0 Å². The number of nitrogens with one attached hydrogen (secondary N) is 1. The van der Waals surface area contributed by atoms with Gasteiger partial charge in [-0.2, -0.15) is 0 Å². The number of nitrogens with zero attached hydrogens (tertiary/aromatic N) is 3. The third-order valence-corrected chi connectivity index (χ3v) is 3.47. The van der Waals surface area contributed by atoms with E-state index >= 15 is 0 Å². The topological polar surface area (TPSA) is 77.0 Å². The molecule has 0 bridgehead atoms. The summed E-state index contributed by atoms with van der Waals surface area (Å²) in [5, 5.41) is 2.76. The quantitative estimate of drug-likeness (QED) is 0.750. The fourth-order valence-corrected chi connectivity index (χ4v) is 2.19. The van der Waals surface area contributed by atoms with Gasteiger partial charge in [0, 0.05) is 18.0 Å². The molecule has 0 spiro atoms. The third-order valence-electron chi connectivity index (χ3n) is 3.47. The van der Waals surface area contributed by atoms with Crippen LogP contribution in [0.25, 0.3) is 11.5 Å². The minimum Gasteiger partial charge on any atom is -0.367 e. The summed E-state index contributed by atoms with van der Waals surface area (Å²) in [5.74, 6) is 0.667. The van der Waals surface area contributed by atoms with Gasteiger partial charge in [0.15, 0.2) is 5.82 Å². The molecular weight excluding hydrogens is 316 g/mol. The molecule has 0 saturated carbocycles. The zero-order valence-corrected chi connectivity index (χ0v) is 13.8. The first kappa shape index (κ1) is 16.7. The number of carbonyl (C=O) groups is 1. The molecular formula is C19H18N4O2. The van der Waals surface area contributed by atoms with Crippen molar-refractivity contribution in [3.63, 3.8) is 0 Å². The molecule has 0 fully saturated rings. The zero-order chi connectivity index (χ0) is 17.5. The number of carbonyl (C=O) groups excluding carboxylic acids is 1. The van der Waals surface area contributed by atoms with Crippen molar-refractivity contribution in [2.24, 2.45) is 0 Å². The molecule has 0 atom stereocenters. The highest BCUT2D eigenvalue weighted by atomic mass is 16.5. The van der Waals surface area contributed by atoms with Gasteiger partial charge in [0.25, 0.3) is 5.91 Å². The van der Waals surface area contributed by atoms with Crippen LogP contribution in [0, 0.1) is 6.92 Å². The Labute approximate surface area is 145 Å². The van der Waals surface area contributed by atoms with Gasteiger partial charge in [-0.1, -0.05) is 36.4 Å². The Bertz CT molecular complexity index is 839. The van der Waals surface area contributed by atoms with Crippen LogP contribution in [0.1, 0.15) is 11.1 Å². The lowest BCUT2D eigenvalue weighted by molar-refractivity contribution is -0.121. The summed E-state index contributed by atoms with van der Waals surface area (Å²) in [6.45, 7) is 2.18. The number of anilines is 1. The zero-order valence-electron chi connectivity index (χ0n) is 13.8. The van der Waals surface area contributed by atoms with Crippen LogP contribution in [-0.2, 0) is 16.1 Å². The number of aromatic nitrogens is 3. The van der Waals surface area contributed by atoms with Crippen LogP contribution in [0.4, 0.5) is 5.82 Å². The number of rotatable bonds is 6. The van der Waals surface area contributed by atoms with Crippen LogP contribution in [-0.4, -0.2) is 27.5 Å². The largest absolute Gasteiger partial charge is 0.367 e. The van der Waals surface area contributed by atoms with Crippen LogP contribution < -0.4 is 5.32 Å². The van der Waals surface area contributed by atoms with E-state index in [9.17, 15) is 4.79 Å². The van der Waals surface area contributed by atoms with E-state index in [1.807, 2.05) is 55.5 Å². The van der Waals surface area contributed by atoms with E-state index in [1.165, 1.54) is 0 Å². The molecule has 6 heteroatoms. The average molecular weight is 334 g/mol. The van der Waals surface area contributed by atoms with Crippen LogP contribution in [0.5, 0.6) is 0 Å². The molecule has 0 saturated heterocycles. The predicted molar refractivity (Wildman–Crippen MR) is 94.7 cm³/mol. The Hall–Kier alpha value is -3.12. The Morgan fingerprint density at radius 2 is 1.88 bits per heavy atom. The maximum atomic E-state index is 12.1. The van der Waals surface area contributed by atoms with E-state index < -0.39 is 0 Å². The second kappa shape index (κ2) is 8.12. The number of ether oxygens (including phenoxy) is 1. The third kappa shape index (κ3) is 4.68. The summed E-state index contributed by atoms with van der Waals surface area (Å²) < 4.78 is 5.44. The molecule has 1 N–H and O–H groups in total. The first-order valence-corrected chi connectivity index (χ1v) is 7.89. The number of benzene rings is 1. The van der Waals surface area contributed by atoms with E-state index in [1.54, 1.807) is 12.4 Å². The Kier molecular flexibility index (Phi) is 5.43. The van der Waals surface area contributed by atoms with Gasteiger partial charge in [0.2, 0.25) is 0 Å². The Balaban J connectivity index is 1.61. The second-order valence-corrected chi connectivity index (χ2v) is 5.47. The molecule has 0 aliphatic rings. The van der Waals surface area contributed by atoms with Crippen molar-refractivity contribution in [1.29, 1.82) is 0 Å². The smallest absolute Gasteiger partial charge is 0.251 e. The average Bonchev–Trinajstić information content (AvgIpc) is 2.65. The molecule has 1 aromatic carbocycles. The summed E-state index contributed by atoms with van der Waals surface area (Å²) >= 11 is 0. The van der Waals surface area contributed by atoms with Gasteiger partial charge in [-0.3, -0.25) is 9.78 Å². The predicted octanol–water partition coefficient (Wildman–Crippen LogP) is 3.00. The maximum absolute atomic E-state index is 12.1. The van der Waals surface area contributed by atoms with E-state index in [0.29, 0.717) is 23.9 Å². The highest BCUT2D eigenvalue weighted by Gasteiger charge is 2.10. The van der Waals surface area contributed by atoms with Crippen molar-refractivity contribution in [3.05, 3.63) is 72.1 Å².